The molecule has 0 aromatic heterocycles. The first kappa shape index (κ1) is 26.4. The fourth-order valence-corrected chi connectivity index (χ4v) is 4.97. The Labute approximate surface area is 226 Å². The molecule has 1 N–H and O–H groups in total. The van der Waals surface area contributed by atoms with Crippen molar-refractivity contribution in [3.05, 3.63) is 93.9 Å². The van der Waals surface area contributed by atoms with Crippen LogP contribution < -0.4 is 14.8 Å². The molecule has 0 radical (unpaired) electrons. The van der Waals surface area contributed by atoms with E-state index >= 15 is 0 Å². The number of thiocarbonyl (C=S) groups is 1. The SMILES string of the molecule is CCOc1cc(/C=C2\SC(=S)N(Cc3ccccc3)C2=O)ccc1OCC(=O)Nc1ccc(C)c(C)c1. The monoisotopic (exact) mass is 532 g/mol. The second kappa shape index (κ2) is 12.1. The molecule has 1 saturated heterocycles. The third-order valence-corrected chi connectivity index (χ3v) is 7.15. The van der Waals surface area contributed by atoms with Gasteiger partial charge in [-0.1, -0.05) is 66.4 Å². The zero-order chi connectivity index (χ0) is 26.4. The summed E-state index contributed by atoms with van der Waals surface area (Å²) < 4.78 is 12.0. The summed E-state index contributed by atoms with van der Waals surface area (Å²) in [6.45, 7) is 6.59. The Morgan fingerprint density at radius 3 is 2.51 bits per heavy atom. The van der Waals surface area contributed by atoms with Gasteiger partial charge in [-0.05, 0) is 73.4 Å². The van der Waals surface area contributed by atoms with E-state index in [1.54, 1.807) is 23.1 Å². The molecule has 0 spiro atoms. The average Bonchev–Trinajstić information content (AvgIpc) is 3.14. The van der Waals surface area contributed by atoms with E-state index in [0.29, 0.717) is 33.9 Å². The third-order valence-electron chi connectivity index (χ3n) is 5.77. The van der Waals surface area contributed by atoms with Gasteiger partial charge >= 0.3 is 0 Å². The van der Waals surface area contributed by atoms with Gasteiger partial charge in [0.15, 0.2) is 18.1 Å². The Morgan fingerprint density at radius 2 is 1.78 bits per heavy atom. The van der Waals surface area contributed by atoms with Crippen LogP contribution in [-0.4, -0.2) is 34.2 Å². The highest BCUT2D eigenvalue weighted by Crippen LogP contribution is 2.35. The molecule has 3 aromatic rings. The van der Waals surface area contributed by atoms with Crippen LogP contribution in [0.2, 0.25) is 0 Å². The van der Waals surface area contributed by atoms with Gasteiger partial charge in [-0.25, -0.2) is 0 Å². The molecule has 1 heterocycles. The Balaban J connectivity index is 1.43. The van der Waals surface area contributed by atoms with E-state index in [2.05, 4.69) is 5.32 Å². The maximum Gasteiger partial charge on any atom is 0.266 e. The van der Waals surface area contributed by atoms with Crippen molar-refractivity contribution in [2.45, 2.75) is 27.3 Å². The highest BCUT2D eigenvalue weighted by Gasteiger charge is 2.32. The lowest BCUT2D eigenvalue weighted by atomic mass is 10.1. The number of thioether (sulfide) groups is 1. The number of nitrogens with zero attached hydrogens (tertiary/aromatic N) is 1. The van der Waals surface area contributed by atoms with Crippen LogP contribution in [0.15, 0.2) is 71.6 Å². The molecule has 0 bridgehead atoms. The van der Waals surface area contributed by atoms with Crippen LogP contribution in [0.25, 0.3) is 6.08 Å². The molecule has 1 aliphatic rings. The van der Waals surface area contributed by atoms with Gasteiger partial charge in [-0.15, -0.1) is 0 Å². The van der Waals surface area contributed by atoms with Crippen molar-refractivity contribution in [3.63, 3.8) is 0 Å². The number of nitrogens with one attached hydrogen (secondary N) is 1. The summed E-state index contributed by atoms with van der Waals surface area (Å²) in [6, 6.07) is 20.9. The minimum Gasteiger partial charge on any atom is -0.490 e. The Hall–Kier alpha value is -3.62. The largest absolute Gasteiger partial charge is 0.490 e. The zero-order valence-electron chi connectivity index (χ0n) is 20.9. The van der Waals surface area contributed by atoms with Crippen molar-refractivity contribution in [1.82, 2.24) is 4.90 Å². The van der Waals surface area contributed by atoms with Crippen molar-refractivity contribution < 1.29 is 19.1 Å². The third kappa shape index (κ3) is 6.78. The quantitative estimate of drug-likeness (QED) is 0.265. The van der Waals surface area contributed by atoms with Crippen molar-refractivity contribution in [3.8, 4) is 11.5 Å². The first-order chi connectivity index (χ1) is 17.8. The van der Waals surface area contributed by atoms with Crippen molar-refractivity contribution >= 4 is 51.9 Å². The molecule has 6 nitrogen and oxygen atoms in total. The number of aryl methyl sites for hydroxylation is 2. The van der Waals surface area contributed by atoms with Crippen LogP contribution >= 0.6 is 24.0 Å². The number of hydrogen-bond donors (Lipinski definition) is 1. The number of hydrogen-bond acceptors (Lipinski definition) is 6. The molecule has 0 atom stereocenters. The van der Waals surface area contributed by atoms with Crippen LogP contribution in [0.1, 0.15) is 29.2 Å². The van der Waals surface area contributed by atoms with E-state index in [0.717, 1.165) is 27.9 Å². The van der Waals surface area contributed by atoms with Crippen LogP contribution in [0.5, 0.6) is 11.5 Å². The summed E-state index contributed by atoms with van der Waals surface area (Å²) in [5.41, 5.74) is 4.78. The standard InChI is InChI=1S/C29H28N2O4S2/c1-4-34-25-15-22(16-26-28(33)31(29(36)37-26)17-21-8-6-5-7-9-21)11-13-24(25)35-18-27(32)30-23-12-10-19(2)20(3)14-23/h5-16H,4,17-18H2,1-3H3,(H,30,32)/b26-16-. The number of benzene rings is 3. The summed E-state index contributed by atoms with van der Waals surface area (Å²) in [5.74, 6) is 0.554. The molecular formula is C29H28N2O4S2. The molecule has 4 rings (SSSR count). The smallest absolute Gasteiger partial charge is 0.266 e. The second-order valence-electron chi connectivity index (χ2n) is 8.53. The predicted octanol–water partition coefficient (Wildman–Crippen LogP) is 6.12. The normalized spacial score (nSPS) is 14.2. The number of ether oxygens (including phenoxy) is 2. The molecule has 0 aliphatic carbocycles. The summed E-state index contributed by atoms with van der Waals surface area (Å²) in [7, 11) is 0. The van der Waals surface area contributed by atoms with E-state index in [-0.39, 0.29) is 18.4 Å². The first-order valence-corrected chi connectivity index (χ1v) is 13.1. The molecule has 0 saturated carbocycles. The molecule has 190 valence electrons. The minimum atomic E-state index is -0.267. The van der Waals surface area contributed by atoms with Crippen LogP contribution in [0, 0.1) is 13.8 Å². The first-order valence-electron chi connectivity index (χ1n) is 11.9. The van der Waals surface area contributed by atoms with E-state index < -0.39 is 0 Å². The number of carbonyl (C=O) groups is 2. The number of anilines is 1. The van der Waals surface area contributed by atoms with E-state index in [1.807, 2.05) is 75.4 Å². The molecule has 2 amide bonds. The Kier molecular flexibility index (Phi) is 8.63. The molecule has 8 heteroatoms. The zero-order valence-corrected chi connectivity index (χ0v) is 22.6. The summed E-state index contributed by atoms with van der Waals surface area (Å²) in [4.78, 5) is 27.6. The van der Waals surface area contributed by atoms with Crippen molar-refractivity contribution in [1.29, 1.82) is 0 Å². The Bertz CT molecular complexity index is 1360. The molecule has 37 heavy (non-hydrogen) atoms. The number of rotatable bonds is 9. The van der Waals surface area contributed by atoms with Gasteiger partial charge < -0.3 is 14.8 Å². The van der Waals surface area contributed by atoms with Gasteiger partial charge in [0, 0.05) is 5.69 Å². The second-order valence-corrected chi connectivity index (χ2v) is 10.2. The molecular weight excluding hydrogens is 504 g/mol. The van der Waals surface area contributed by atoms with E-state index in [4.69, 9.17) is 21.7 Å². The summed E-state index contributed by atoms with van der Waals surface area (Å²) in [6.07, 6.45) is 1.79. The maximum absolute atomic E-state index is 13.0. The van der Waals surface area contributed by atoms with Crippen LogP contribution in [0.4, 0.5) is 5.69 Å². The van der Waals surface area contributed by atoms with Crippen molar-refractivity contribution in [2.24, 2.45) is 0 Å². The summed E-state index contributed by atoms with van der Waals surface area (Å²) in [5, 5.41) is 2.85. The fraction of sp³-hybridized carbons (Fsp3) is 0.207. The molecule has 1 aliphatic heterocycles. The fourth-order valence-electron chi connectivity index (χ4n) is 3.72. The number of carbonyl (C=O) groups excluding carboxylic acids is 2. The maximum atomic E-state index is 13.0. The van der Waals surface area contributed by atoms with E-state index in [9.17, 15) is 9.59 Å². The molecule has 0 unspecified atom stereocenters. The van der Waals surface area contributed by atoms with Gasteiger partial charge in [0.1, 0.15) is 4.32 Å². The highest BCUT2D eigenvalue weighted by molar-refractivity contribution is 8.26. The van der Waals surface area contributed by atoms with E-state index in [1.165, 1.54) is 11.8 Å². The van der Waals surface area contributed by atoms with Gasteiger partial charge in [0.2, 0.25) is 0 Å². The number of amides is 2. The summed E-state index contributed by atoms with van der Waals surface area (Å²) >= 11 is 6.74. The molecule has 1 fully saturated rings. The average molecular weight is 533 g/mol. The van der Waals surface area contributed by atoms with Crippen LogP contribution in [0.3, 0.4) is 0 Å². The lowest BCUT2D eigenvalue weighted by Crippen LogP contribution is -2.27. The van der Waals surface area contributed by atoms with Gasteiger partial charge in [0.05, 0.1) is 18.1 Å². The van der Waals surface area contributed by atoms with Gasteiger partial charge in [-0.2, -0.15) is 0 Å². The highest BCUT2D eigenvalue weighted by atomic mass is 32.2. The minimum absolute atomic E-state index is 0.125. The van der Waals surface area contributed by atoms with Crippen molar-refractivity contribution in [2.75, 3.05) is 18.5 Å². The van der Waals surface area contributed by atoms with Crippen LogP contribution in [-0.2, 0) is 16.1 Å². The van der Waals surface area contributed by atoms with Gasteiger partial charge in [0.25, 0.3) is 11.8 Å². The molecule has 3 aromatic carbocycles. The Morgan fingerprint density at radius 1 is 1.00 bits per heavy atom. The lowest BCUT2D eigenvalue weighted by Gasteiger charge is -2.14. The lowest BCUT2D eigenvalue weighted by molar-refractivity contribution is -0.122. The topological polar surface area (TPSA) is 67.9 Å². The predicted molar refractivity (Wildman–Crippen MR) is 153 cm³/mol. The van der Waals surface area contributed by atoms with Gasteiger partial charge in [-0.3, -0.25) is 14.5 Å².